The number of rotatable bonds is 8. The van der Waals surface area contributed by atoms with Gasteiger partial charge in [0.2, 0.25) is 0 Å². The van der Waals surface area contributed by atoms with Gasteiger partial charge >= 0.3 is 5.97 Å². The largest absolute Gasteiger partial charge is 0.480 e. The van der Waals surface area contributed by atoms with Gasteiger partial charge in [0.25, 0.3) is 11.6 Å². The summed E-state index contributed by atoms with van der Waals surface area (Å²) < 4.78 is 5.50. The van der Waals surface area contributed by atoms with Gasteiger partial charge in [-0.1, -0.05) is 0 Å². The summed E-state index contributed by atoms with van der Waals surface area (Å²) in [4.78, 5) is 35.9. The van der Waals surface area contributed by atoms with Crippen LogP contribution in [0.3, 0.4) is 0 Å². The Labute approximate surface area is 160 Å². The van der Waals surface area contributed by atoms with Crippen LogP contribution in [-0.4, -0.2) is 52.0 Å². The maximum Gasteiger partial charge on any atom is 0.317 e. The molecule has 0 radical (unpaired) electrons. The molecule has 28 heavy (non-hydrogen) atoms. The van der Waals surface area contributed by atoms with E-state index in [-0.39, 0.29) is 36.0 Å². The van der Waals surface area contributed by atoms with Crippen LogP contribution in [0.4, 0.5) is 5.69 Å². The zero-order valence-electron chi connectivity index (χ0n) is 15.2. The normalized spacial score (nSPS) is 21.5. The minimum atomic E-state index is -0.829. The number of carboxylic acid groups (broad SMARTS) is 1. The van der Waals surface area contributed by atoms with Crippen LogP contribution in [0, 0.1) is 16.0 Å². The fourth-order valence-electron chi connectivity index (χ4n) is 3.67. The monoisotopic (exact) mass is 387 g/mol. The SMILES string of the molecule is O=C(O)CN(CC1CC1)C1CC(NC(=O)c2cc3cc([N+](=O)[O-])ccc3o2)C1. The molecule has 1 aromatic carbocycles. The highest BCUT2D eigenvalue weighted by Gasteiger charge is 2.38. The molecule has 0 spiro atoms. The van der Waals surface area contributed by atoms with Gasteiger partial charge in [0, 0.05) is 36.1 Å². The van der Waals surface area contributed by atoms with Crippen molar-refractivity contribution >= 4 is 28.5 Å². The summed E-state index contributed by atoms with van der Waals surface area (Å²) in [7, 11) is 0. The first-order valence-electron chi connectivity index (χ1n) is 9.33. The number of furan rings is 1. The second-order valence-electron chi connectivity index (χ2n) is 7.65. The van der Waals surface area contributed by atoms with Crippen LogP contribution in [0.2, 0.25) is 0 Å². The third-order valence-electron chi connectivity index (χ3n) is 5.43. The maximum atomic E-state index is 12.4. The van der Waals surface area contributed by atoms with E-state index in [1.165, 1.54) is 24.3 Å². The van der Waals surface area contributed by atoms with Crippen molar-refractivity contribution in [3.63, 3.8) is 0 Å². The van der Waals surface area contributed by atoms with E-state index in [0.717, 1.165) is 19.4 Å². The molecular formula is C19H21N3O6. The zero-order chi connectivity index (χ0) is 19.8. The molecule has 1 amide bonds. The minimum absolute atomic E-state index is 0.0319. The highest BCUT2D eigenvalue weighted by atomic mass is 16.6. The summed E-state index contributed by atoms with van der Waals surface area (Å²) in [5.41, 5.74) is 0.357. The number of benzene rings is 1. The van der Waals surface area contributed by atoms with E-state index in [0.29, 0.717) is 29.7 Å². The van der Waals surface area contributed by atoms with Crippen molar-refractivity contribution in [3.05, 3.63) is 40.1 Å². The molecular weight excluding hydrogens is 366 g/mol. The molecule has 2 saturated carbocycles. The predicted molar refractivity (Wildman–Crippen MR) is 99.1 cm³/mol. The topological polar surface area (TPSA) is 126 Å². The van der Waals surface area contributed by atoms with E-state index in [4.69, 9.17) is 9.52 Å². The molecule has 2 N–H and O–H groups in total. The Kier molecular flexibility index (Phi) is 4.76. The molecule has 1 heterocycles. The molecule has 148 valence electrons. The molecule has 0 atom stereocenters. The van der Waals surface area contributed by atoms with Gasteiger partial charge in [0.15, 0.2) is 5.76 Å². The number of nitro benzene ring substituents is 1. The number of nitrogens with one attached hydrogen (secondary N) is 1. The Morgan fingerprint density at radius 2 is 2.04 bits per heavy atom. The standard InChI is InChI=1S/C19H21N3O6/c23-18(24)10-21(9-11-1-2-11)15-7-13(8-15)20-19(25)17-6-12-5-14(22(26)27)3-4-16(12)28-17/h3-6,11,13,15H,1-2,7-10H2,(H,20,25)(H,23,24). The molecule has 0 unspecified atom stereocenters. The van der Waals surface area contributed by atoms with E-state index in [2.05, 4.69) is 5.32 Å². The van der Waals surface area contributed by atoms with Crippen LogP contribution in [-0.2, 0) is 4.79 Å². The summed E-state index contributed by atoms with van der Waals surface area (Å²) >= 11 is 0. The lowest BCUT2D eigenvalue weighted by atomic mass is 9.85. The molecule has 1 aromatic heterocycles. The van der Waals surface area contributed by atoms with Gasteiger partial charge in [-0.2, -0.15) is 0 Å². The summed E-state index contributed by atoms with van der Waals surface area (Å²) in [5, 5.41) is 23.4. The first-order valence-corrected chi connectivity index (χ1v) is 9.33. The van der Waals surface area contributed by atoms with Crippen molar-refractivity contribution in [1.82, 2.24) is 10.2 Å². The molecule has 0 bridgehead atoms. The Bertz CT molecular complexity index is 929. The highest BCUT2D eigenvalue weighted by molar-refractivity contribution is 5.96. The number of aliphatic carboxylic acids is 1. The summed E-state index contributed by atoms with van der Waals surface area (Å²) in [6.45, 7) is 0.837. The number of carbonyl (C=O) groups excluding carboxylic acids is 1. The Balaban J connectivity index is 1.35. The van der Waals surface area contributed by atoms with Gasteiger partial charge in [0.1, 0.15) is 5.58 Å². The second-order valence-corrected chi connectivity index (χ2v) is 7.65. The smallest absolute Gasteiger partial charge is 0.317 e. The van der Waals surface area contributed by atoms with Crippen LogP contribution in [0.15, 0.2) is 28.7 Å². The van der Waals surface area contributed by atoms with Crippen molar-refractivity contribution in [2.75, 3.05) is 13.1 Å². The molecule has 0 saturated heterocycles. The molecule has 9 nitrogen and oxygen atoms in total. The van der Waals surface area contributed by atoms with Gasteiger partial charge in [-0.15, -0.1) is 0 Å². The second kappa shape index (κ2) is 7.23. The number of hydrogen-bond donors (Lipinski definition) is 2. The average Bonchev–Trinajstić information content (AvgIpc) is 3.30. The quantitative estimate of drug-likeness (QED) is 0.526. The lowest BCUT2D eigenvalue weighted by Crippen LogP contribution is -2.55. The fraction of sp³-hybridized carbons (Fsp3) is 0.474. The number of hydrogen-bond acceptors (Lipinski definition) is 6. The van der Waals surface area contributed by atoms with E-state index < -0.39 is 10.9 Å². The number of non-ortho nitro benzene ring substituents is 1. The Hall–Kier alpha value is -2.94. The molecule has 2 aliphatic carbocycles. The number of fused-ring (bicyclic) bond motifs is 1. The van der Waals surface area contributed by atoms with Gasteiger partial charge in [-0.25, -0.2) is 0 Å². The van der Waals surface area contributed by atoms with Crippen LogP contribution < -0.4 is 5.32 Å². The van der Waals surface area contributed by atoms with Crippen molar-refractivity contribution in [2.24, 2.45) is 5.92 Å². The lowest BCUT2D eigenvalue weighted by Gasteiger charge is -2.42. The third-order valence-corrected chi connectivity index (χ3v) is 5.43. The van der Waals surface area contributed by atoms with E-state index in [1.54, 1.807) is 0 Å². The molecule has 4 rings (SSSR count). The number of carboxylic acids is 1. The van der Waals surface area contributed by atoms with Gasteiger partial charge in [0.05, 0.1) is 11.5 Å². The minimum Gasteiger partial charge on any atom is -0.480 e. The van der Waals surface area contributed by atoms with Crippen molar-refractivity contribution in [3.8, 4) is 0 Å². The molecule has 2 fully saturated rings. The number of amides is 1. The number of carbonyl (C=O) groups is 2. The van der Waals surface area contributed by atoms with Gasteiger partial charge < -0.3 is 14.8 Å². The zero-order valence-corrected chi connectivity index (χ0v) is 15.2. The first kappa shape index (κ1) is 18.4. The maximum absolute atomic E-state index is 12.4. The molecule has 0 aliphatic heterocycles. The molecule has 2 aliphatic rings. The van der Waals surface area contributed by atoms with Gasteiger partial charge in [-0.05, 0) is 43.7 Å². The van der Waals surface area contributed by atoms with E-state index in [1.807, 2.05) is 4.90 Å². The third kappa shape index (κ3) is 3.99. The predicted octanol–water partition coefficient (Wildman–Crippen LogP) is 2.40. The molecule has 2 aromatic rings. The van der Waals surface area contributed by atoms with E-state index in [9.17, 15) is 19.7 Å². The van der Waals surface area contributed by atoms with Crippen molar-refractivity contribution < 1.29 is 24.0 Å². The first-order chi connectivity index (χ1) is 13.4. The van der Waals surface area contributed by atoms with E-state index >= 15 is 0 Å². The Morgan fingerprint density at radius 1 is 1.29 bits per heavy atom. The van der Waals surface area contributed by atoms with Crippen molar-refractivity contribution in [1.29, 1.82) is 0 Å². The van der Waals surface area contributed by atoms with Crippen LogP contribution in [0.25, 0.3) is 11.0 Å². The summed E-state index contributed by atoms with van der Waals surface area (Å²) in [6, 6.07) is 5.82. The number of nitro groups is 1. The fourth-order valence-corrected chi connectivity index (χ4v) is 3.67. The van der Waals surface area contributed by atoms with Gasteiger partial charge in [-0.3, -0.25) is 24.6 Å². The van der Waals surface area contributed by atoms with Crippen LogP contribution >= 0.6 is 0 Å². The van der Waals surface area contributed by atoms with Crippen LogP contribution in [0.1, 0.15) is 36.2 Å². The van der Waals surface area contributed by atoms with Crippen LogP contribution in [0.5, 0.6) is 0 Å². The van der Waals surface area contributed by atoms with Crippen molar-refractivity contribution in [2.45, 2.75) is 37.8 Å². The highest BCUT2D eigenvalue weighted by Crippen LogP contribution is 2.34. The summed E-state index contributed by atoms with van der Waals surface area (Å²) in [6.07, 6.45) is 3.73. The average molecular weight is 387 g/mol. The summed E-state index contributed by atoms with van der Waals surface area (Å²) in [5.74, 6) is -0.481. The lowest BCUT2D eigenvalue weighted by molar-refractivity contribution is -0.384. The number of nitrogens with zero attached hydrogens (tertiary/aromatic N) is 2. The Morgan fingerprint density at radius 3 is 2.68 bits per heavy atom. The molecule has 9 heteroatoms.